The lowest BCUT2D eigenvalue weighted by atomic mass is 9.94. The molecule has 3 atom stereocenters. The topological polar surface area (TPSA) is 174 Å². The molecule has 156 valence electrons. The van der Waals surface area contributed by atoms with Gasteiger partial charge in [-0.3, -0.25) is 35.1 Å². The molecular weight excluding hydrogens is 388 g/mol. The van der Waals surface area contributed by atoms with Crippen LogP contribution in [0.4, 0.5) is 17.1 Å². The van der Waals surface area contributed by atoms with E-state index in [4.69, 9.17) is 0 Å². The monoisotopic (exact) mass is 408 g/mol. The molecule has 2 saturated carbocycles. The number of non-ortho nitro benzene ring substituents is 1. The van der Waals surface area contributed by atoms with E-state index in [1.807, 2.05) is 0 Å². The highest BCUT2D eigenvalue weighted by atomic mass is 16.6. The molecule has 29 heavy (non-hydrogen) atoms. The molecule has 1 heterocycles. The number of quaternary nitrogens is 1. The van der Waals surface area contributed by atoms with Crippen LogP contribution >= 0.6 is 0 Å². The number of nitro benzene ring substituents is 3. The Bertz CT molecular complexity index is 832. The zero-order valence-electron chi connectivity index (χ0n) is 15.4. The van der Waals surface area contributed by atoms with E-state index in [9.17, 15) is 40.2 Å². The third-order valence-corrected chi connectivity index (χ3v) is 6.03. The predicted octanol–water partition coefficient (Wildman–Crippen LogP) is 0.517. The summed E-state index contributed by atoms with van der Waals surface area (Å²) >= 11 is 0. The molecule has 1 saturated heterocycles. The molecule has 0 spiro atoms. The molecule has 1 aromatic carbocycles. The normalized spacial score (nSPS) is 25.5. The first-order valence-electron chi connectivity index (χ1n) is 9.37. The quantitative estimate of drug-likeness (QED) is 0.554. The zero-order chi connectivity index (χ0) is 21.3. The minimum absolute atomic E-state index is 0.384. The number of nitro groups is 3. The Morgan fingerprint density at radius 1 is 0.897 bits per heavy atom. The van der Waals surface area contributed by atoms with Crippen molar-refractivity contribution < 1.29 is 29.6 Å². The molecular formula is C17H20N4O8. The van der Waals surface area contributed by atoms with E-state index in [1.165, 1.54) is 45.2 Å². The average Bonchev–Trinajstić information content (AvgIpc) is 3.39. The molecule has 1 aromatic rings. The summed E-state index contributed by atoms with van der Waals surface area (Å²) in [7, 11) is 0. The molecule has 12 nitrogen and oxygen atoms in total. The second-order valence-electron chi connectivity index (χ2n) is 7.58. The highest BCUT2D eigenvalue weighted by Gasteiger charge is 2.51. The van der Waals surface area contributed by atoms with Crippen molar-refractivity contribution in [2.75, 3.05) is 13.1 Å². The van der Waals surface area contributed by atoms with Gasteiger partial charge in [-0.05, 0) is 12.8 Å². The second-order valence-corrected chi connectivity index (χ2v) is 7.58. The molecule has 0 amide bonds. The summed E-state index contributed by atoms with van der Waals surface area (Å²) in [6.45, 7) is 2.67. The molecule has 3 fully saturated rings. The molecule has 4 rings (SSSR count). The number of benzene rings is 1. The SMILES string of the molecule is O=C1C2CCC1C([NH+]1CCCC1)C2.O=[N+]([O-])c1cc([N+](=O)[O-])c([O-])c([N+](=O)[O-])c1. The molecule has 1 N–H and O–H groups in total. The van der Waals surface area contributed by atoms with Crippen molar-refractivity contribution in [3.05, 3.63) is 42.5 Å². The summed E-state index contributed by atoms with van der Waals surface area (Å²) in [6, 6.07) is 1.50. The van der Waals surface area contributed by atoms with Gasteiger partial charge in [0.2, 0.25) is 0 Å². The Labute approximate surface area is 164 Å². The van der Waals surface area contributed by atoms with Crippen molar-refractivity contribution in [3.63, 3.8) is 0 Å². The van der Waals surface area contributed by atoms with Gasteiger partial charge >= 0.3 is 0 Å². The maximum atomic E-state index is 11.7. The van der Waals surface area contributed by atoms with E-state index in [2.05, 4.69) is 0 Å². The minimum Gasteiger partial charge on any atom is -0.863 e. The van der Waals surface area contributed by atoms with Gasteiger partial charge in [-0.1, -0.05) is 0 Å². The van der Waals surface area contributed by atoms with Crippen LogP contribution in [0.25, 0.3) is 0 Å². The first-order chi connectivity index (χ1) is 13.7. The van der Waals surface area contributed by atoms with Gasteiger partial charge in [0.25, 0.3) is 17.1 Å². The number of carbonyl (C=O) groups excluding carboxylic acids is 1. The molecule has 1 aliphatic heterocycles. The van der Waals surface area contributed by atoms with E-state index < -0.39 is 37.6 Å². The zero-order valence-corrected chi connectivity index (χ0v) is 15.4. The van der Waals surface area contributed by atoms with E-state index in [0.717, 1.165) is 6.04 Å². The highest BCUT2D eigenvalue weighted by Crippen LogP contribution is 2.40. The summed E-state index contributed by atoms with van der Waals surface area (Å²) < 4.78 is 0. The molecule has 3 unspecified atom stereocenters. The van der Waals surface area contributed by atoms with Crippen molar-refractivity contribution in [1.82, 2.24) is 0 Å². The summed E-state index contributed by atoms with van der Waals surface area (Å²) in [5.74, 6) is 0.103. The lowest BCUT2D eigenvalue weighted by molar-refractivity contribution is -0.916. The average molecular weight is 408 g/mol. The lowest BCUT2D eigenvalue weighted by Gasteiger charge is -2.26. The van der Waals surface area contributed by atoms with Crippen molar-refractivity contribution in [3.8, 4) is 5.75 Å². The Morgan fingerprint density at radius 2 is 1.45 bits per heavy atom. The van der Waals surface area contributed by atoms with Crippen LogP contribution in [0.5, 0.6) is 5.75 Å². The van der Waals surface area contributed by atoms with E-state index >= 15 is 0 Å². The molecule has 2 bridgehead atoms. The summed E-state index contributed by atoms with van der Waals surface area (Å²) in [5.41, 5.74) is -3.26. The van der Waals surface area contributed by atoms with Gasteiger partial charge in [-0.15, -0.1) is 0 Å². The Morgan fingerprint density at radius 3 is 1.83 bits per heavy atom. The van der Waals surface area contributed by atoms with Crippen molar-refractivity contribution >= 4 is 22.8 Å². The number of fused-ring (bicyclic) bond motifs is 2. The third-order valence-electron chi connectivity index (χ3n) is 6.03. The highest BCUT2D eigenvalue weighted by molar-refractivity contribution is 5.88. The lowest BCUT2D eigenvalue weighted by Crippen LogP contribution is -3.14. The summed E-state index contributed by atoms with van der Waals surface area (Å²) in [5, 5.41) is 42.1. The number of nitrogens with one attached hydrogen (secondary N) is 1. The predicted molar refractivity (Wildman–Crippen MR) is 95.4 cm³/mol. The van der Waals surface area contributed by atoms with Crippen LogP contribution in [0.2, 0.25) is 0 Å². The van der Waals surface area contributed by atoms with Crippen LogP contribution < -0.4 is 10.0 Å². The Kier molecular flexibility index (Phi) is 5.73. The fourth-order valence-corrected chi connectivity index (χ4v) is 4.68. The number of carbonyl (C=O) groups is 1. The van der Waals surface area contributed by atoms with E-state index in [-0.39, 0.29) is 0 Å². The number of hydrogen-bond acceptors (Lipinski definition) is 8. The standard InChI is InChI=1S/C11H17NO.C6H3N3O7/c13-11-8-3-4-9(11)10(7-8)12-5-1-2-6-12;10-6-4(8(13)14)1-3(7(11)12)2-5(6)9(15)16/h8-10H,1-7H2;1-2,10H. The molecule has 0 aromatic heterocycles. The van der Waals surface area contributed by atoms with Gasteiger partial charge < -0.3 is 10.0 Å². The smallest absolute Gasteiger partial charge is 0.283 e. The fraction of sp³-hybridized carbons (Fsp3) is 0.588. The number of rotatable bonds is 4. The number of nitrogens with zero attached hydrogens (tertiary/aromatic N) is 3. The molecule has 0 radical (unpaired) electrons. The number of hydrogen-bond donors (Lipinski definition) is 1. The van der Waals surface area contributed by atoms with Crippen molar-refractivity contribution in [2.45, 2.75) is 38.1 Å². The summed E-state index contributed by atoms with van der Waals surface area (Å²) in [4.78, 5) is 41.0. The van der Waals surface area contributed by atoms with Gasteiger partial charge in [0.05, 0.1) is 57.7 Å². The van der Waals surface area contributed by atoms with Crippen molar-refractivity contribution in [1.29, 1.82) is 0 Å². The minimum atomic E-state index is -1.46. The van der Waals surface area contributed by atoms with Crippen LogP contribution in [-0.4, -0.2) is 39.7 Å². The van der Waals surface area contributed by atoms with Gasteiger partial charge in [-0.2, -0.15) is 0 Å². The maximum absolute atomic E-state index is 11.7. The maximum Gasteiger partial charge on any atom is 0.283 e. The third kappa shape index (κ3) is 4.01. The van der Waals surface area contributed by atoms with Crippen molar-refractivity contribution in [2.24, 2.45) is 11.8 Å². The fourth-order valence-electron chi connectivity index (χ4n) is 4.68. The van der Waals surface area contributed by atoms with Crippen LogP contribution in [0.15, 0.2) is 12.1 Å². The van der Waals surface area contributed by atoms with Crippen LogP contribution in [0, 0.1) is 42.2 Å². The molecule has 3 aliphatic rings. The van der Waals surface area contributed by atoms with Gasteiger partial charge in [0.1, 0.15) is 5.78 Å². The first kappa shape index (κ1) is 20.6. The molecule has 12 heteroatoms. The van der Waals surface area contributed by atoms with Crippen LogP contribution in [0.3, 0.4) is 0 Å². The first-order valence-corrected chi connectivity index (χ1v) is 9.37. The van der Waals surface area contributed by atoms with Gasteiger partial charge in [-0.25, -0.2) is 0 Å². The number of likely N-dealkylation sites (tertiary alicyclic amines) is 1. The van der Waals surface area contributed by atoms with Gasteiger partial charge in [0.15, 0.2) is 0 Å². The number of Topliss-reactive ketones (excluding diaryl/α,β-unsaturated/α-hetero) is 1. The largest absolute Gasteiger partial charge is 0.863 e. The molecule has 2 aliphatic carbocycles. The second kappa shape index (κ2) is 8.07. The number of ketones is 1. The Hall–Kier alpha value is -3.15. The van der Waals surface area contributed by atoms with Crippen LogP contribution in [-0.2, 0) is 4.79 Å². The van der Waals surface area contributed by atoms with Crippen LogP contribution in [0.1, 0.15) is 32.1 Å². The van der Waals surface area contributed by atoms with E-state index in [1.54, 1.807) is 4.90 Å². The van der Waals surface area contributed by atoms with E-state index in [0.29, 0.717) is 29.8 Å². The Balaban J connectivity index is 0.000000168. The van der Waals surface area contributed by atoms with Gasteiger partial charge in [0, 0.05) is 25.2 Å². The summed E-state index contributed by atoms with van der Waals surface area (Å²) in [6.07, 6.45) is 6.40.